The van der Waals surface area contributed by atoms with Gasteiger partial charge in [-0.15, -0.1) is 0 Å². The number of benzene rings is 1. The number of nitrogens with zero attached hydrogens (tertiary/aromatic N) is 2. The highest BCUT2D eigenvalue weighted by Gasteiger charge is 2.17. The van der Waals surface area contributed by atoms with Gasteiger partial charge in [0.2, 0.25) is 0 Å². The van der Waals surface area contributed by atoms with Crippen LogP contribution in [-0.2, 0) is 9.53 Å². The second-order valence-electron chi connectivity index (χ2n) is 7.04. The molecule has 2 heterocycles. The van der Waals surface area contributed by atoms with E-state index in [9.17, 15) is 9.59 Å². The van der Waals surface area contributed by atoms with Gasteiger partial charge in [-0.1, -0.05) is 19.3 Å². The molecule has 1 aliphatic carbocycles. The van der Waals surface area contributed by atoms with Gasteiger partial charge < -0.3 is 15.0 Å². The summed E-state index contributed by atoms with van der Waals surface area (Å²) in [5.74, 6) is -0.0968. The molecular weight excluding hydrogens is 356 g/mol. The van der Waals surface area contributed by atoms with Gasteiger partial charge in [0.1, 0.15) is 5.82 Å². The van der Waals surface area contributed by atoms with E-state index in [0.29, 0.717) is 11.4 Å². The summed E-state index contributed by atoms with van der Waals surface area (Å²) in [6.45, 7) is -0.267. The lowest BCUT2D eigenvalue weighted by atomic mass is 9.95. The smallest absolute Gasteiger partial charge is 0.338 e. The zero-order valence-corrected chi connectivity index (χ0v) is 15.5. The molecule has 0 bridgehead atoms. The fourth-order valence-corrected chi connectivity index (χ4v) is 3.51. The number of pyridine rings is 1. The molecule has 0 radical (unpaired) electrons. The van der Waals surface area contributed by atoms with Crippen molar-refractivity contribution in [2.24, 2.45) is 0 Å². The summed E-state index contributed by atoms with van der Waals surface area (Å²) in [6, 6.07) is 9.03. The first-order valence-electron chi connectivity index (χ1n) is 9.56. The number of carbonyl (C=O) groups excluding carboxylic acids is 2. The number of hydrogen-bond acceptors (Lipinski definition) is 5. The highest BCUT2D eigenvalue weighted by Crippen LogP contribution is 2.21. The molecule has 1 saturated carbocycles. The lowest BCUT2D eigenvalue weighted by Crippen LogP contribution is -2.38. The minimum Gasteiger partial charge on any atom is -0.452 e. The Morgan fingerprint density at radius 3 is 2.82 bits per heavy atom. The van der Waals surface area contributed by atoms with E-state index >= 15 is 0 Å². The number of aromatic nitrogens is 3. The number of aromatic amines is 1. The number of amides is 1. The molecular formula is C21H22N4O3. The van der Waals surface area contributed by atoms with Crippen LogP contribution in [0.25, 0.3) is 22.4 Å². The van der Waals surface area contributed by atoms with Crippen LogP contribution in [0.4, 0.5) is 0 Å². The van der Waals surface area contributed by atoms with Crippen molar-refractivity contribution in [3.05, 3.63) is 48.3 Å². The fourth-order valence-electron chi connectivity index (χ4n) is 3.51. The van der Waals surface area contributed by atoms with Crippen molar-refractivity contribution in [3.63, 3.8) is 0 Å². The van der Waals surface area contributed by atoms with E-state index in [1.54, 1.807) is 30.6 Å². The van der Waals surface area contributed by atoms with Crippen LogP contribution in [0.1, 0.15) is 42.5 Å². The van der Waals surface area contributed by atoms with Crippen LogP contribution in [0.2, 0.25) is 0 Å². The molecule has 0 unspecified atom stereocenters. The summed E-state index contributed by atoms with van der Waals surface area (Å²) < 4.78 is 5.18. The molecule has 2 N–H and O–H groups in total. The molecule has 4 rings (SSSR count). The number of nitrogens with one attached hydrogen (secondary N) is 2. The molecule has 144 valence electrons. The minimum absolute atomic E-state index is 0.201. The van der Waals surface area contributed by atoms with Crippen molar-refractivity contribution in [2.75, 3.05) is 6.61 Å². The highest BCUT2D eigenvalue weighted by molar-refractivity contribution is 5.95. The highest BCUT2D eigenvalue weighted by atomic mass is 16.5. The summed E-state index contributed by atoms with van der Waals surface area (Å²) in [5, 5.41) is 2.94. The summed E-state index contributed by atoms with van der Waals surface area (Å²) in [7, 11) is 0. The zero-order valence-electron chi connectivity index (χ0n) is 15.5. The average molecular weight is 378 g/mol. The molecule has 1 amide bonds. The van der Waals surface area contributed by atoms with Gasteiger partial charge in [0, 0.05) is 24.0 Å². The minimum atomic E-state index is -0.529. The van der Waals surface area contributed by atoms with Gasteiger partial charge in [0.25, 0.3) is 5.91 Å². The van der Waals surface area contributed by atoms with Crippen molar-refractivity contribution in [1.29, 1.82) is 0 Å². The molecule has 2 aromatic heterocycles. The molecule has 3 aromatic rings. The second kappa shape index (κ2) is 8.21. The first-order chi connectivity index (χ1) is 13.7. The van der Waals surface area contributed by atoms with Crippen molar-refractivity contribution in [3.8, 4) is 11.4 Å². The van der Waals surface area contributed by atoms with E-state index in [1.165, 1.54) is 6.42 Å². The molecule has 7 heteroatoms. The maximum atomic E-state index is 12.3. The molecule has 1 fully saturated rings. The van der Waals surface area contributed by atoms with E-state index in [0.717, 1.165) is 42.3 Å². The van der Waals surface area contributed by atoms with Gasteiger partial charge in [0.05, 0.1) is 16.6 Å². The quantitative estimate of drug-likeness (QED) is 0.665. The topological polar surface area (TPSA) is 97.0 Å². The van der Waals surface area contributed by atoms with Crippen molar-refractivity contribution < 1.29 is 14.3 Å². The Morgan fingerprint density at radius 2 is 2.04 bits per heavy atom. The van der Waals surface area contributed by atoms with Gasteiger partial charge in [-0.25, -0.2) is 9.78 Å². The van der Waals surface area contributed by atoms with Crippen LogP contribution < -0.4 is 5.32 Å². The fraction of sp³-hybridized carbons (Fsp3) is 0.333. The molecule has 1 aromatic carbocycles. The number of H-pyrrole nitrogens is 1. The monoisotopic (exact) mass is 378 g/mol. The molecule has 0 atom stereocenters. The third-order valence-corrected chi connectivity index (χ3v) is 4.96. The number of esters is 1. The predicted octanol–water partition coefficient (Wildman–Crippen LogP) is 3.23. The third-order valence-electron chi connectivity index (χ3n) is 4.96. The summed E-state index contributed by atoms with van der Waals surface area (Å²) in [6.07, 6.45) is 8.90. The van der Waals surface area contributed by atoms with Crippen LogP contribution in [0, 0.1) is 0 Å². The van der Waals surface area contributed by atoms with Gasteiger partial charge in [0.15, 0.2) is 6.61 Å². The van der Waals surface area contributed by atoms with Gasteiger partial charge in [-0.05, 0) is 43.2 Å². The second-order valence-corrected chi connectivity index (χ2v) is 7.04. The largest absolute Gasteiger partial charge is 0.452 e. The number of fused-ring (bicyclic) bond motifs is 1. The van der Waals surface area contributed by atoms with E-state index in [1.807, 2.05) is 12.1 Å². The molecule has 0 aliphatic heterocycles. The Bertz CT molecular complexity index is 978. The van der Waals surface area contributed by atoms with Gasteiger partial charge in [-0.2, -0.15) is 0 Å². The van der Waals surface area contributed by atoms with Crippen LogP contribution >= 0.6 is 0 Å². The first-order valence-corrected chi connectivity index (χ1v) is 9.56. The number of hydrogen-bond donors (Lipinski definition) is 2. The van der Waals surface area contributed by atoms with Crippen LogP contribution in [0.3, 0.4) is 0 Å². The maximum absolute atomic E-state index is 12.3. The molecule has 1 aliphatic rings. The van der Waals surface area contributed by atoms with E-state index in [-0.39, 0.29) is 18.6 Å². The summed E-state index contributed by atoms with van der Waals surface area (Å²) in [5.41, 5.74) is 2.70. The Labute approximate surface area is 162 Å². The molecule has 0 spiro atoms. The van der Waals surface area contributed by atoms with Crippen molar-refractivity contribution in [2.45, 2.75) is 38.1 Å². The lowest BCUT2D eigenvalue weighted by Gasteiger charge is -2.22. The number of imidazole rings is 1. The SMILES string of the molecule is O=C(COC(=O)c1ccc2nc(-c3cccnc3)[nH]c2c1)NC1CCCCC1. The van der Waals surface area contributed by atoms with Crippen LogP contribution in [0.5, 0.6) is 0 Å². The standard InChI is InChI=1S/C21H22N4O3/c26-19(23-16-6-2-1-3-7-16)13-28-21(27)14-8-9-17-18(11-14)25-20(24-17)15-5-4-10-22-12-15/h4-5,8-12,16H,1-3,6-7,13H2,(H,23,26)(H,24,25). The van der Waals surface area contributed by atoms with Crippen LogP contribution in [0.15, 0.2) is 42.7 Å². The number of rotatable bonds is 5. The number of ether oxygens (including phenoxy) is 1. The maximum Gasteiger partial charge on any atom is 0.338 e. The number of carbonyl (C=O) groups is 2. The summed E-state index contributed by atoms with van der Waals surface area (Å²) in [4.78, 5) is 36.1. The van der Waals surface area contributed by atoms with E-state index in [2.05, 4.69) is 20.3 Å². The average Bonchev–Trinajstić information content (AvgIpc) is 3.17. The normalized spacial score (nSPS) is 14.7. The first kappa shape index (κ1) is 18.2. The van der Waals surface area contributed by atoms with Gasteiger partial charge in [-0.3, -0.25) is 9.78 Å². The van der Waals surface area contributed by atoms with Crippen LogP contribution in [-0.4, -0.2) is 39.5 Å². The van der Waals surface area contributed by atoms with E-state index in [4.69, 9.17) is 4.74 Å². The summed E-state index contributed by atoms with van der Waals surface area (Å²) >= 11 is 0. The molecule has 28 heavy (non-hydrogen) atoms. The Kier molecular flexibility index (Phi) is 5.32. The third kappa shape index (κ3) is 4.19. The Balaban J connectivity index is 1.39. The van der Waals surface area contributed by atoms with Crippen molar-refractivity contribution in [1.82, 2.24) is 20.3 Å². The van der Waals surface area contributed by atoms with E-state index < -0.39 is 5.97 Å². The zero-order chi connectivity index (χ0) is 19.3. The molecule has 7 nitrogen and oxygen atoms in total. The van der Waals surface area contributed by atoms with Gasteiger partial charge >= 0.3 is 5.97 Å². The lowest BCUT2D eigenvalue weighted by molar-refractivity contribution is -0.125. The Morgan fingerprint density at radius 1 is 1.18 bits per heavy atom. The Hall–Kier alpha value is -3.22. The molecule has 0 saturated heterocycles. The van der Waals surface area contributed by atoms with Crippen molar-refractivity contribution >= 4 is 22.9 Å². The predicted molar refractivity (Wildman–Crippen MR) is 105 cm³/mol.